The summed E-state index contributed by atoms with van der Waals surface area (Å²) in [5.41, 5.74) is 1.68. The maximum Gasteiger partial charge on any atom is 0.255 e. The summed E-state index contributed by atoms with van der Waals surface area (Å²) in [4.78, 5) is 28.3. The second-order valence-corrected chi connectivity index (χ2v) is 8.95. The van der Waals surface area contributed by atoms with Crippen molar-refractivity contribution < 1.29 is 14.3 Å². The van der Waals surface area contributed by atoms with Gasteiger partial charge in [-0.15, -0.1) is 11.8 Å². The molecule has 2 amide bonds. The molecule has 2 atom stereocenters. The average molecular weight is 405 g/mol. The molecule has 2 aliphatic rings. The molecule has 1 aromatic carbocycles. The topological polar surface area (TPSA) is 58.6 Å². The van der Waals surface area contributed by atoms with E-state index in [4.69, 9.17) is 4.74 Å². The molecule has 1 N–H and O–H groups in total. The fourth-order valence-electron chi connectivity index (χ4n) is 4.27. The summed E-state index contributed by atoms with van der Waals surface area (Å²) < 4.78 is 5.06. The van der Waals surface area contributed by atoms with Crippen LogP contribution in [0.15, 0.2) is 24.3 Å². The minimum Gasteiger partial charge on any atom is -0.385 e. The van der Waals surface area contributed by atoms with Crippen molar-refractivity contribution in [3.05, 3.63) is 35.4 Å². The van der Waals surface area contributed by atoms with Crippen LogP contribution in [0, 0.1) is 12.8 Å². The number of hydrogen-bond donors (Lipinski definition) is 1. The molecule has 3 rings (SSSR count). The van der Waals surface area contributed by atoms with E-state index in [2.05, 4.69) is 5.32 Å². The number of thioether (sulfide) groups is 1. The Balaban J connectivity index is 1.79. The van der Waals surface area contributed by atoms with Gasteiger partial charge in [0.2, 0.25) is 5.91 Å². The zero-order valence-electron chi connectivity index (χ0n) is 17.0. The van der Waals surface area contributed by atoms with Crippen molar-refractivity contribution in [2.75, 3.05) is 26.0 Å². The van der Waals surface area contributed by atoms with E-state index in [1.165, 1.54) is 19.3 Å². The summed E-state index contributed by atoms with van der Waals surface area (Å²) in [5.74, 6) is 1.12. The van der Waals surface area contributed by atoms with Gasteiger partial charge in [-0.1, -0.05) is 37.5 Å². The first-order valence-corrected chi connectivity index (χ1v) is 11.4. The van der Waals surface area contributed by atoms with Crippen LogP contribution < -0.4 is 5.32 Å². The predicted octanol–water partition coefficient (Wildman–Crippen LogP) is 3.61. The summed E-state index contributed by atoms with van der Waals surface area (Å²) in [6, 6.07) is 7.30. The second kappa shape index (κ2) is 10.3. The number of ether oxygens (including phenoxy) is 1. The SMILES string of the molecule is COCCCNC(=O)C1CSC(C2CCCCC2)N1C(=O)c1ccccc1C. The number of carbonyl (C=O) groups is 2. The maximum absolute atomic E-state index is 13.5. The van der Waals surface area contributed by atoms with Crippen LogP contribution in [0.3, 0.4) is 0 Å². The number of amides is 2. The van der Waals surface area contributed by atoms with Crippen molar-refractivity contribution in [2.45, 2.75) is 56.9 Å². The Labute approximate surface area is 172 Å². The van der Waals surface area contributed by atoms with Crippen molar-refractivity contribution in [2.24, 2.45) is 5.92 Å². The van der Waals surface area contributed by atoms with E-state index in [1.54, 1.807) is 18.9 Å². The Morgan fingerprint density at radius 2 is 1.96 bits per heavy atom. The van der Waals surface area contributed by atoms with Gasteiger partial charge in [0.1, 0.15) is 6.04 Å². The lowest BCUT2D eigenvalue weighted by atomic mass is 9.88. The summed E-state index contributed by atoms with van der Waals surface area (Å²) in [6.07, 6.45) is 6.81. The van der Waals surface area contributed by atoms with E-state index < -0.39 is 6.04 Å². The predicted molar refractivity (Wildman–Crippen MR) is 113 cm³/mol. The maximum atomic E-state index is 13.5. The molecular weight excluding hydrogens is 372 g/mol. The van der Waals surface area contributed by atoms with E-state index in [1.807, 2.05) is 36.1 Å². The number of benzene rings is 1. The molecule has 0 spiro atoms. The molecule has 1 saturated carbocycles. The Morgan fingerprint density at radius 1 is 1.21 bits per heavy atom. The summed E-state index contributed by atoms with van der Waals surface area (Å²) in [5, 5.41) is 3.11. The number of hydrogen-bond acceptors (Lipinski definition) is 4. The van der Waals surface area contributed by atoms with E-state index in [9.17, 15) is 9.59 Å². The normalized spacial score (nSPS) is 23.0. The third-order valence-electron chi connectivity index (χ3n) is 5.83. The van der Waals surface area contributed by atoms with Crippen LogP contribution in [0.25, 0.3) is 0 Å². The quantitative estimate of drug-likeness (QED) is 0.706. The molecule has 1 aliphatic heterocycles. The van der Waals surface area contributed by atoms with Gasteiger partial charge in [-0.3, -0.25) is 9.59 Å². The number of nitrogens with zero attached hydrogens (tertiary/aromatic N) is 1. The zero-order chi connectivity index (χ0) is 19.9. The standard InChI is InChI=1S/C22H32N2O3S/c1-16-9-6-7-12-18(16)21(26)24-19(20(25)23-13-8-14-27-2)15-28-22(24)17-10-4-3-5-11-17/h6-7,9,12,17,19,22H,3-5,8,10-11,13-15H2,1-2H3,(H,23,25). The molecule has 1 saturated heterocycles. The number of rotatable bonds is 7. The van der Waals surface area contributed by atoms with Gasteiger partial charge in [0.15, 0.2) is 0 Å². The van der Waals surface area contributed by atoms with Gasteiger partial charge in [0.05, 0.1) is 5.37 Å². The fourth-order valence-corrected chi connectivity index (χ4v) is 5.91. The molecule has 0 bridgehead atoms. The molecule has 28 heavy (non-hydrogen) atoms. The van der Waals surface area contributed by atoms with Crippen molar-refractivity contribution in [1.82, 2.24) is 10.2 Å². The summed E-state index contributed by atoms with van der Waals surface area (Å²) in [6.45, 7) is 3.16. The smallest absolute Gasteiger partial charge is 0.255 e. The van der Waals surface area contributed by atoms with Crippen LogP contribution in [0.4, 0.5) is 0 Å². The van der Waals surface area contributed by atoms with Crippen molar-refractivity contribution in [3.8, 4) is 0 Å². The van der Waals surface area contributed by atoms with Crippen molar-refractivity contribution in [1.29, 1.82) is 0 Å². The van der Waals surface area contributed by atoms with Gasteiger partial charge in [-0.2, -0.15) is 0 Å². The Kier molecular flexibility index (Phi) is 7.80. The number of aryl methyl sites for hydroxylation is 1. The minimum absolute atomic E-state index is 0.00397. The van der Waals surface area contributed by atoms with Crippen LogP contribution in [-0.2, 0) is 9.53 Å². The van der Waals surface area contributed by atoms with Crippen LogP contribution in [0.5, 0.6) is 0 Å². The van der Waals surface area contributed by atoms with E-state index >= 15 is 0 Å². The van der Waals surface area contributed by atoms with Crippen LogP contribution in [0.1, 0.15) is 54.4 Å². The van der Waals surface area contributed by atoms with Gasteiger partial charge in [0.25, 0.3) is 5.91 Å². The van der Waals surface area contributed by atoms with Crippen molar-refractivity contribution in [3.63, 3.8) is 0 Å². The van der Waals surface area contributed by atoms with Gasteiger partial charge in [-0.05, 0) is 43.7 Å². The molecule has 6 heteroatoms. The van der Waals surface area contributed by atoms with E-state index in [0.717, 1.165) is 24.8 Å². The minimum atomic E-state index is -0.397. The van der Waals surface area contributed by atoms with Gasteiger partial charge >= 0.3 is 0 Å². The largest absolute Gasteiger partial charge is 0.385 e. The highest BCUT2D eigenvalue weighted by molar-refractivity contribution is 8.00. The molecular formula is C22H32N2O3S. The third kappa shape index (κ3) is 4.90. The van der Waals surface area contributed by atoms with E-state index in [0.29, 0.717) is 30.4 Å². The van der Waals surface area contributed by atoms with Gasteiger partial charge < -0.3 is 15.0 Å². The van der Waals surface area contributed by atoms with Crippen LogP contribution in [0.2, 0.25) is 0 Å². The highest BCUT2D eigenvalue weighted by Crippen LogP contribution is 2.41. The third-order valence-corrected chi connectivity index (χ3v) is 7.29. The molecule has 5 nitrogen and oxygen atoms in total. The number of methoxy groups -OCH3 is 1. The summed E-state index contributed by atoms with van der Waals surface area (Å²) >= 11 is 1.79. The second-order valence-electron chi connectivity index (χ2n) is 7.80. The molecule has 1 heterocycles. The molecule has 154 valence electrons. The molecule has 2 fully saturated rings. The zero-order valence-corrected chi connectivity index (χ0v) is 17.8. The Morgan fingerprint density at radius 3 is 2.68 bits per heavy atom. The first kappa shape index (κ1) is 21.2. The van der Waals surface area contributed by atoms with Crippen LogP contribution >= 0.6 is 11.8 Å². The van der Waals surface area contributed by atoms with Gasteiger partial charge in [0, 0.05) is 31.6 Å². The lowest BCUT2D eigenvalue weighted by Gasteiger charge is -2.35. The lowest BCUT2D eigenvalue weighted by Crippen LogP contribution is -2.51. The molecule has 1 aliphatic carbocycles. The molecule has 0 radical (unpaired) electrons. The highest BCUT2D eigenvalue weighted by atomic mass is 32.2. The monoisotopic (exact) mass is 404 g/mol. The van der Waals surface area contributed by atoms with Crippen LogP contribution in [-0.4, -0.2) is 54.1 Å². The molecule has 0 aromatic heterocycles. The van der Waals surface area contributed by atoms with E-state index in [-0.39, 0.29) is 17.2 Å². The molecule has 2 unspecified atom stereocenters. The summed E-state index contributed by atoms with van der Waals surface area (Å²) in [7, 11) is 1.66. The Bertz CT molecular complexity index is 676. The highest BCUT2D eigenvalue weighted by Gasteiger charge is 2.45. The lowest BCUT2D eigenvalue weighted by molar-refractivity contribution is -0.125. The number of carbonyl (C=O) groups excluding carboxylic acids is 2. The molecule has 1 aromatic rings. The Hall–Kier alpha value is -1.53. The van der Waals surface area contributed by atoms with Crippen molar-refractivity contribution >= 4 is 23.6 Å². The first-order chi connectivity index (χ1) is 13.6. The first-order valence-electron chi connectivity index (χ1n) is 10.4. The number of nitrogens with one attached hydrogen (secondary N) is 1. The van der Waals surface area contributed by atoms with Gasteiger partial charge in [-0.25, -0.2) is 0 Å². The average Bonchev–Trinajstić information content (AvgIpc) is 3.17. The fraction of sp³-hybridized carbons (Fsp3) is 0.636.